The summed E-state index contributed by atoms with van der Waals surface area (Å²) in [5.41, 5.74) is 1.58. The average Bonchev–Trinajstić information content (AvgIpc) is 2.87. The number of carbonyl (C=O) groups excluding carboxylic acids is 1. The lowest BCUT2D eigenvalue weighted by Crippen LogP contribution is -2.11. The van der Waals surface area contributed by atoms with Crippen LogP contribution in [0.1, 0.15) is 13.3 Å². The van der Waals surface area contributed by atoms with Gasteiger partial charge in [-0.2, -0.15) is 0 Å². The van der Waals surface area contributed by atoms with Gasteiger partial charge in [0.05, 0.1) is 38.3 Å². The first kappa shape index (κ1) is 15.0. The van der Waals surface area contributed by atoms with Crippen molar-refractivity contribution in [2.45, 2.75) is 13.3 Å². The van der Waals surface area contributed by atoms with Gasteiger partial charge in [0.1, 0.15) is 0 Å². The molecule has 0 atom stereocenters. The molecule has 0 spiro atoms. The van der Waals surface area contributed by atoms with Gasteiger partial charge in [-0.25, -0.2) is 4.98 Å². The molecular weight excluding hydrogens is 274 g/mol. The number of rotatable bonds is 7. The van der Waals surface area contributed by atoms with Crippen molar-refractivity contribution in [3.8, 4) is 11.5 Å². The van der Waals surface area contributed by atoms with E-state index in [1.54, 1.807) is 27.2 Å². The second-order valence-corrected chi connectivity index (χ2v) is 4.29. The van der Waals surface area contributed by atoms with Crippen LogP contribution in [0.3, 0.4) is 0 Å². The average molecular weight is 293 g/mol. The zero-order valence-corrected chi connectivity index (χ0v) is 12.4. The number of aromatic nitrogens is 2. The van der Waals surface area contributed by atoms with Crippen LogP contribution in [0.4, 0.5) is 5.95 Å². The summed E-state index contributed by atoms with van der Waals surface area (Å²) in [6.45, 7) is 2.63. The highest BCUT2D eigenvalue weighted by Crippen LogP contribution is 2.31. The Hall–Kier alpha value is -2.44. The summed E-state index contributed by atoms with van der Waals surface area (Å²) in [5, 5.41) is 3.05. The van der Waals surface area contributed by atoms with Crippen LogP contribution in [0.5, 0.6) is 11.5 Å². The zero-order chi connectivity index (χ0) is 15.2. The molecule has 21 heavy (non-hydrogen) atoms. The van der Waals surface area contributed by atoms with Gasteiger partial charge in [0, 0.05) is 18.7 Å². The van der Waals surface area contributed by atoms with Crippen molar-refractivity contribution in [1.82, 2.24) is 9.97 Å². The maximum absolute atomic E-state index is 11.2. The number of nitrogens with one attached hydrogen (secondary N) is 2. The second kappa shape index (κ2) is 6.83. The van der Waals surface area contributed by atoms with E-state index in [0.29, 0.717) is 30.6 Å². The van der Waals surface area contributed by atoms with E-state index < -0.39 is 0 Å². The number of ether oxygens (including phenoxy) is 3. The highest BCUT2D eigenvalue weighted by molar-refractivity contribution is 5.81. The number of aromatic amines is 1. The summed E-state index contributed by atoms with van der Waals surface area (Å²) in [7, 11) is 3.16. The molecule has 0 saturated heterocycles. The SMILES string of the molecule is CCOC(=O)CCNc1nc2cc(OC)c(OC)cc2[nH]1. The molecule has 0 amide bonds. The van der Waals surface area contributed by atoms with Crippen LogP contribution >= 0.6 is 0 Å². The van der Waals surface area contributed by atoms with E-state index in [2.05, 4.69) is 15.3 Å². The molecule has 0 unspecified atom stereocenters. The molecule has 0 aliphatic rings. The fourth-order valence-electron chi connectivity index (χ4n) is 1.94. The number of fused-ring (bicyclic) bond motifs is 1. The first-order valence-corrected chi connectivity index (χ1v) is 6.69. The van der Waals surface area contributed by atoms with Crippen LogP contribution in [0.15, 0.2) is 12.1 Å². The summed E-state index contributed by atoms with van der Waals surface area (Å²) < 4.78 is 15.3. The summed E-state index contributed by atoms with van der Waals surface area (Å²) >= 11 is 0. The minimum absolute atomic E-state index is 0.232. The van der Waals surface area contributed by atoms with Crippen molar-refractivity contribution in [3.05, 3.63) is 12.1 Å². The lowest BCUT2D eigenvalue weighted by atomic mass is 10.3. The quantitative estimate of drug-likeness (QED) is 0.759. The molecule has 2 N–H and O–H groups in total. The van der Waals surface area contributed by atoms with Gasteiger partial charge >= 0.3 is 5.97 Å². The van der Waals surface area contributed by atoms with Gasteiger partial charge in [-0.3, -0.25) is 4.79 Å². The predicted molar refractivity (Wildman–Crippen MR) is 78.9 cm³/mol. The van der Waals surface area contributed by atoms with Crippen molar-refractivity contribution >= 4 is 23.0 Å². The molecule has 0 fully saturated rings. The molecule has 1 aromatic carbocycles. The zero-order valence-electron chi connectivity index (χ0n) is 12.4. The number of esters is 1. The monoisotopic (exact) mass is 293 g/mol. The third-order valence-electron chi connectivity index (χ3n) is 2.91. The van der Waals surface area contributed by atoms with E-state index in [9.17, 15) is 4.79 Å². The summed E-state index contributed by atoms with van der Waals surface area (Å²) in [4.78, 5) is 18.7. The molecule has 0 aliphatic carbocycles. The fourth-order valence-corrected chi connectivity index (χ4v) is 1.94. The highest BCUT2D eigenvalue weighted by Gasteiger charge is 2.10. The largest absolute Gasteiger partial charge is 0.493 e. The number of hydrogen-bond acceptors (Lipinski definition) is 6. The molecule has 2 rings (SSSR count). The van der Waals surface area contributed by atoms with Gasteiger partial charge in [0.25, 0.3) is 0 Å². The molecule has 114 valence electrons. The summed E-state index contributed by atoms with van der Waals surface area (Å²) in [6, 6.07) is 3.61. The van der Waals surface area contributed by atoms with Crippen LogP contribution < -0.4 is 14.8 Å². The number of anilines is 1. The van der Waals surface area contributed by atoms with Gasteiger partial charge in [-0.15, -0.1) is 0 Å². The molecule has 0 radical (unpaired) electrons. The lowest BCUT2D eigenvalue weighted by Gasteiger charge is -2.06. The van der Waals surface area contributed by atoms with E-state index in [4.69, 9.17) is 14.2 Å². The van der Waals surface area contributed by atoms with Crippen molar-refractivity contribution in [2.75, 3.05) is 32.7 Å². The van der Waals surface area contributed by atoms with Gasteiger partial charge in [-0.05, 0) is 6.92 Å². The molecule has 1 heterocycles. The van der Waals surface area contributed by atoms with E-state index in [1.165, 1.54) is 0 Å². The van der Waals surface area contributed by atoms with E-state index >= 15 is 0 Å². The van der Waals surface area contributed by atoms with E-state index in [0.717, 1.165) is 11.0 Å². The molecule has 0 aliphatic heterocycles. The number of imidazole rings is 1. The maximum atomic E-state index is 11.2. The molecule has 0 saturated carbocycles. The molecule has 2 aromatic rings. The smallest absolute Gasteiger partial charge is 0.307 e. The Morgan fingerprint density at radius 1 is 1.29 bits per heavy atom. The molecule has 0 bridgehead atoms. The Labute approximate surface area is 122 Å². The number of H-pyrrole nitrogens is 1. The number of methoxy groups -OCH3 is 2. The topological polar surface area (TPSA) is 85.5 Å². The summed E-state index contributed by atoms with van der Waals surface area (Å²) in [5.74, 6) is 1.61. The molecule has 7 nitrogen and oxygen atoms in total. The van der Waals surface area contributed by atoms with Gasteiger partial charge < -0.3 is 24.5 Å². The number of carbonyl (C=O) groups is 1. The van der Waals surface area contributed by atoms with Gasteiger partial charge in [0.2, 0.25) is 5.95 Å². The van der Waals surface area contributed by atoms with Crippen LogP contribution in [-0.2, 0) is 9.53 Å². The Morgan fingerprint density at radius 3 is 2.67 bits per heavy atom. The molecule has 1 aromatic heterocycles. The van der Waals surface area contributed by atoms with Crippen molar-refractivity contribution < 1.29 is 19.0 Å². The normalized spacial score (nSPS) is 10.4. The Kier molecular flexibility index (Phi) is 4.86. The van der Waals surface area contributed by atoms with Crippen molar-refractivity contribution in [3.63, 3.8) is 0 Å². The van der Waals surface area contributed by atoms with Crippen LogP contribution in [-0.4, -0.2) is 43.3 Å². The minimum atomic E-state index is -0.232. The molecule has 7 heteroatoms. The van der Waals surface area contributed by atoms with Crippen LogP contribution in [0.25, 0.3) is 11.0 Å². The Bertz CT molecular complexity index is 583. The van der Waals surface area contributed by atoms with Crippen LogP contribution in [0, 0.1) is 0 Å². The number of nitrogens with zero attached hydrogens (tertiary/aromatic N) is 1. The Morgan fingerprint density at radius 2 is 2.00 bits per heavy atom. The first-order valence-electron chi connectivity index (χ1n) is 6.69. The number of benzene rings is 1. The van der Waals surface area contributed by atoms with Crippen molar-refractivity contribution in [2.24, 2.45) is 0 Å². The maximum Gasteiger partial charge on any atom is 0.307 e. The first-order chi connectivity index (χ1) is 10.2. The Balaban J connectivity index is 2.06. The van der Waals surface area contributed by atoms with Gasteiger partial charge in [-0.1, -0.05) is 0 Å². The van der Waals surface area contributed by atoms with E-state index in [1.807, 2.05) is 6.07 Å². The third-order valence-corrected chi connectivity index (χ3v) is 2.91. The predicted octanol–water partition coefficient (Wildman–Crippen LogP) is 1.95. The standard InChI is InChI=1S/C14H19N3O4/c1-4-21-13(18)5-6-15-14-16-9-7-11(19-2)12(20-3)8-10(9)17-14/h7-8H,4-6H2,1-3H3,(H2,15,16,17). The van der Waals surface area contributed by atoms with Crippen molar-refractivity contribution in [1.29, 1.82) is 0 Å². The minimum Gasteiger partial charge on any atom is -0.493 e. The van der Waals surface area contributed by atoms with Gasteiger partial charge in [0.15, 0.2) is 11.5 Å². The number of hydrogen-bond donors (Lipinski definition) is 2. The van der Waals surface area contributed by atoms with Crippen LogP contribution in [0.2, 0.25) is 0 Å². The fraction of sp³-hybridized carbons (Fsp3) is 0.429. The highest BCUT2D eigenvalue weighted by atomic mass is 16.5. The molecular formula is C14H19N3O4. The van der Waals surface area contributed by atoms with E-state index in [-0.39, 0.29) is 12.4 Å². The third kappa shape index (κ3) is 3.56. The second-order valence-electron chi connectivity index (χ2n) is 4.29. The summed E-state index contributed by atoms with van der Waals surface area (Å²) in [6.07, 6.45) is 0.289. The lowest BCUT2D eigenvalue weighted by molar-refractivity contribution is -0.142.